The maximum Gasteiger partial charge on any atom is 0.123 e. The Balaban J connectivity index is 2.89. The summed E-state index contributed by atoms with van der Waals surface area (Å²) in [6.45, 7) is 8.02. The number of benzene rings is 1. The topological polar surface area (TPSA) is 38.5 Å². The van der Waals surface area contributed by atoms with E-state index in [2.05, 4.69) is 50.6 Å². The fourth-order valence-electron chi connectivity index (χ4n) is 2.42. The average molecular weight is 288 g/mol. The van der Waals surface area contributed by atoms with E-state index in [1.807, 2.05) is 12.1 Å². The summed E-state index contributed by atoms with van der Waals surface area (Å²) in [6.07, 6.45) is 1.19. The first-order valence-corrected chi connectivity index (χ1v) is 7.54. The Labute approximate surface area is 129 Å². The number of rotatable bonds is 6. The van der Waals surface area contributed by atoms with E-state index in [1.54, 1.807) is 7.11 Å². The second-order valence-electron chi connectivity index (χ2n) is 5.93. The summed E-state index contributed by atoms with van der Waals surface area (Å²) in [6, 6.07) is 6.59. The van der Waals surface area contributed by atoms with Crippen LogP contribution in [-0.2, 0) is 6.54 Å². The number of hydrogen-bond donors (Lipinski definition) is 1. The first kappa shape index (κ1) is 17.6. The molecule has 3 nitrogen and oxygen atoms in total. The lowest BCUT2D eigenvalue weighted by Gasteiger charge is -2.26. The highest BCUT2D eigenvalue weighted by molar-refractivity contribution is 5.44. The van der Waals surface area contributed by atoms with Crippen molar-refractivity contribution in [3.63, 3.8) is 0 Å². The van der Waals surface area contributed by atoms with Crippen LogP contribution in [0.25, 0.3) is 0 Å². The molecule has 21 heavy (non-hydrogen) atoms. The van der Waals surface area contributed by atoms with Gasteiger partial charge in [0.05, 0.1) is 13.7 Å². The van der Waals surface area contributed by atoms with Crippen LogP contribution in [0, 0.1) is 17.8 Å². The molecule has 116 valence electrons. The van der Waals surface area contributed by atoms with Crippen molar-refractivity contribution in [1.29, 1.82) is 0 Å². The summed E-state index contributed by atoms with van der Waals surface area (Å²) in [4.78, 5) is 2.36. The molecule has 0 fully saturated rings. The van der Waals surface area contributed by atoms with Crippen LogP contribution < -0.4 is 10.5 Å². The van der Waals surface area contributed by atoms with Gasteiger partial charge in [-0.25, -0.2) is 0 Å². The molecule has 1 aromatic carbocycles. The van der Waals surface area contributed by atoms with Crippen molar-refractivity contribution in [2.45, 2.75) is 39.8 Å². The Bertz CT molecular complexity index is 500. The SMILES string of the molecule is COc1ccc(C#CCN)cc1CN(C)C(C)CC(C)C. The second-order valence-corrected chi connectivity index (χ2v) is 5.93. The van der Waals surface area contributed by atoms with Gasteiger partial charge in [0.2, 0.25) is 0 Å². The van der Waals surface area contributed by atoms with Gasteiger partial charge in [0.25, 0.3) is 0 Å². The van der Waals surface area contributed by atoms with Crippen LogP contribution in [0.2, 0.25) is 0 Å². The second kappa shape index (κ2) is 8.71. The van der Waals surface area contributed by atoms with Gasteiger partial charge < -0.3 is 10.5 Å². The number of nitrogens with two attached hydrogens (primary N) is 1. The molecule has 1 rings (SSSR count). The van der Waals surface area contributed by atoms with Gasteiger partial charge in [0.1, 0.15) is 5.75 Å². The summed E-state index contributed by atoms with van der Waals surface area (Å²) in [5.74, 6) is 7.59. The van der Waals surface area contributed by atoms with Gasteiger partial charge in [0, 0.05) is 23.7 Å². The molecule has 0 aromatic heterocycles. The molecule has 0 saturated carbocycles. The molecule has 0 amide bonds. The third kappa shape index (κ3) is 5.79. The highest BCUT2D eigenvalue weighted by Crippen LogP contribution is 2.22. The molecule has 0 saturated heterocycles. The maximum absolute atomic E-state index is 5.47. The Morgan fingerprint density at radius 2 is 2.00 bits per heavy atom. The Hall–Kier alpha value is -1.50. The highest BCUT2D eigenvalue weighted by atomic mass is 16.5. The summed E-state index contributed by atoms with van der Waals surface area (Å²) >= 11 is 0. The minimum absolute atomic E-state index is 0.382. The van der Waals surface area contributed by atoms with E-state index < -0.39 is 0 Å². The quantitative estimate of drug-likeness (QED) is 0.818. The van der Waals surface area contributed by atoms with E-state index in [4.69, 9.17) is 10.5 Å². The van der Waals surface area contributed by atoms with Crippen LogP contribution in [0.15, 0.2) is 18.2 Å². The van der Waals surface area contributed by atoms with Crippen LogP contribution in [0.4, 0.5) is 0 Å². The molecule has 2 N–H and O–H groups in total. The first-order chi connectivity index (χ1) is 9.97. The Morgan fingerprint density at radius 1 is 1.29 bits per heavy atom. The summed E-state index contributed by atoms with van der Waals surface area (Å²) in [5.41, 5.74) is 7.58. The van der Waals surface area contributed by atoms with Crippen LogP contribution in [-0.4, -0.2) is 31.6 Å². The zero-order valence-corrected chi connectivity index (χ0v) is 13.9. The molecule has 1 unspecified atom stereocenters. The molecule has 0 aliphatic rings. The molecule has 0 radical (unpaired) electrons. The third-order valence-electron chi connectivity index (χ3n) is 3.60. The summed E-state index contributed by atoms with van der Waals surface area (Å²) in [5, 5.41) is 0. The fraction of sp³-hybridized carbons (Fsp3) is 0.556. The molecular formula is C18H28N2O. The van der Waals surface area contributed by atoms with Crippen molar-refractivity contribution in [3.05, 3.63) is 29.3 Å². The number of nitrogens with zero attached hydrogens (tertiary/aromatic N) is 1. The summed E-state index contributed by atoms with van der Waals surface area (Å²) in [7, 11) is 3.87. The lowest BCUT2D eigenvalue weighted by atomic mass is 10.0. The number of ether oxygens (including phenoxy) is 1. The van der Waals surface area contributed by atoms with E-state index in [1.165, 1.54) is 12.0 Å². The van der Waals surface area contributed by atoms with Crippen molar-refractivity contribution < 1.29 is 4.74 Å². The largest absolute Gasteiger partial charge is 0.496 e. The molecule has 0 bridgehead atoms. The maximum atomic E-state index is 5.47. The number of hydrogen-bond acceptors (Lipinski definition) is 3. The zero-order valence-electron chi connectivity index (χ0n) is 13.9. The monoisotopic (exact) mass is 288 g/mol. The minimum Gasteiger partial charge on any atom is -0.496 e. The number of methoxy groups -OCH3 is 1. The van der Waals surface area contributed by atoms with Gasteiger partial charge in [-0.3, -0.25) is 4.90 Å². The third-order valence-corrected chi connectivity index (χ3v) is 3.60. The van der Waals surface area contributed by atoms with Gasteiger partial charge in [0.15, 0.2) is 0 Å². The zero-order chi connectivity index (χ0) is 15.8. The van der Waals surface area contributed by atoms with Crippen molar-refractivity contribution >= 4 is 0 Å². The van der Waals surface area contributed by atoms with E-state index in [0.717, 1.165) is 17.9 Å². The van der Waals surface area contributed by atoms with Gasteiger partial charge in [-0.1, -0.05) is 25.7 Å². The van der Waals surface area contributed by atoms with Crippen molar-refractivity contribution in [1.82, 2.24) is 4.90 Å². The lowest BCUT2D eigenvalue weighted by molar-refractivity contribution is 0.218. The Kier molecular flexibility index (Phi) is 7.28. The van der Waals surface area contributed by atoms with Crippen molar-refractivity contribution in [2.24, 2.45) is 11.7 Å². The standard InChI is InChI=1S/C18H28N2O/c1-14(2)11-15(3)20(4)13-17-12-16(7-6-10-19)8-9-18(17)21-5/h8-9,12,14-15H,10-11,13,19H2,1-5H3. The predicted octanol–water partition coefficient (Wildman–Crippen LogP) is 2.87. The molecule has 0 aliphatic heterocycles. The van der Waals surface area contributed by atoms with Gasteiger partial charge in [-0.15, -0.1) is 0 Å². The molecule has 0 aliphatic carbocycles. The first-order valence-electron chi connectivity index (χ1n) is 7.54. The molecule has 1 aromatic rings. The molecule has 0 heterocycles. The molecular weight excluding hydrogens is 260 g/mol. The van der Waals surface area contributed by atoms with Crippen LogP contribution in [0.1, 0.15) is 38.3 Å². The average Bonchev–Trinajstić information content (AvgIpc) is 2.44. The molecule has 1 atom stereocenters. The van der Waals surface area contributed by atoms with Gasteiger partial charge in [-0.2, -0.15) is 0 Å². The minimum atomic E-state index is 0.382. The normalized spacial score (nSPS) is 12.2. The smallest absolute Gasteiger partial charge is 0.123 e. The van der Waals surface area contributed by atoms with Crippen molar-refractivity contribution in [3.8, 4) is 17.6 Å². The van der Waals surface area contributed by atoms with E-state index >= 15 is 0 Å². The van der Waals surface area contributed by atoms with Gasteiger partial charge >= 0.3 is 0 Å². The van der Waals surface area contributed by atoms with E-state index in [-0.39, 0.29) is 0 Å². The van der Waals surface area contributed by atoms with E-state index in [0.29, 0.717) is 18.5 Å². The predicted molar refractivity (Wildman–Crippen MR) is 89.3 cm³/mol. The molecule has 3 heteroatoms. The van der Waals surface area contributed by atoms with Gasteiger partial charge in [-0.05, 0) is 44.5 Å². The fourth-order valence-corrected chi connectivity index (χ4v) is 2.42. The summed E-state index contributed by atoms with van der Waals surface area (Å²) < 4.78 is 5.47. The van der Waals surface area contributed by atoms with Crippen LogP contribution >= 0.6 is 0 Å². The van der Waals surface area contributed by atoms with E-state index in [9.17, 15) is 0 Å². The van der Waals surface area contributed by atoms with Crippen LogP contribution in [0.5, 0.6) is 5.75 Å². The Morgan fingerprint density at radius 3 is 2.57 bits per heavy atom. The molecule has 0 spiro atoms. The highest BCUT2D eigenvalue weighted by Gasteiger charge is 2.13. The lowest BCUT2D eigenvalue weighted by Crippen LogP contribution is -2.29. The van der Waals surface area contributed by atoms with Crippen molar-refractivity contribution in [2.75, 3.05) is 20.7 Å². The van der Waals surface area contributed by atoms with Crippen LogP contribution in [0.3, 0.4) is 0 Å².